The van der Waals surface area contributed by atoms with Gasteiger partial charge in [-0.15, -0.1) is 0 Å². The van der Waals surface area contributed by atoms with Crippen LogP contribution in [-0.4, -0.2) is 34.8 Å². The lowest BCUT2D eigenvalue weighted by atomic mass is 10.4. The molecule has 1 aliphatic heterocycles. The van der Waals surface area contributed by atoms with E-state index in [1.807, 2.05) is 0 Å². The Hall–Kier alpha value is -0.170. The monoisotopic (exact) mass is 168 g/mol. The van der Waals surface area contributed by atoms with Crippen LogP contribution in [0.15, 0.2) is 0 Å². The summed E-state index contributed by atoms with van der Waals surface area (Å²) in [6, 6.07) is 0. The number of hydrogen-bond donors (Lipinski definition) is 0. The van der Waals surface area contributed by atoms with Gasteiger partial charge in [-0.3, -0.25) is 0 Å². The van der Waals surface area contributed by atoms with Gasteiger partial charge in [0.1, 0.15) is 6.10 Å². The molecule has 1 heterocycles. The third-order valence-electron chi connectivity index (χ3n) is 1.00. The van der Waals surface area contributed by atoms with Gasteiger partial charge in [0, 0.05) is 7.11 Å². The summed E-state index contributed by atoms with van der Waals surface area (Å²) in [6.45, 7) is 0.287. The van der Waals surface area contributed by atoms with E-state index in [2.05, 4.69) is 13.1 Å². The van der Waals surface area contributed by atoms with Crippen LogP contribution in [0.25, 0.3) is 0 Å². The van der Waals surface area contributed by atoms with E-state index < -0.39 is 16.5 Å². The number of methoxy groups -OCH3 is 1. The zero-order chi connectivity index (χ0) is 7.61. The van der Waals surface area contributed by atoms with E-state index in [9.17, 15) is 8.42 Å². The van der Waals surface area contributed by atoms with Gasteiger partial charge in [-0.05, 0) is 0 Å². The minimum Gasteiger partial charge on any atom is -0.382 e. The fourth-order valence-corrected chi connectivity index (χ4v) is 1.46. The topological polar surface area (TPSA) is 61.8 Å². The molecule has 0 spiro atoms. The Morgan fingerprint density at radius 1 is 1.70 bits per heavy atom. The van der Waals surface area contributed by atoms with Crippen molar-refractivity contribution in [3.8, 4) is 0 Å². The Morgan fingerprint density at radius 3 is 2.80 bits per heavy atom. The van der Waals surface area contributed by atoms with Crippen molar-refractivity contribution < 1.29 is 21.5 Å². The fourth-order valence-electron chi connectivity index (χ4n) is 0.643. The van der Waals surface area contributed by atoms with E-state index in [1.165, 1.54) is 7.11 Å². The molecular formula is C4H8O5S. The molecule has 0 radical (unpaired) electrons. The van der Waals surface area contributed by atoms with E-state index in [0.29, 0.717) is 0 Å². The summed E-state index contributed by atoms with van der Waals surface area (Å²) in [5, 5.41) is 0. The number of rotatable bonds is 2. The molecule has 60 valence electrons. The zero-order valence-electron chi connectivity index (χ0n) is 5.44. The van der Waals surface area contributed by atoms with E-state index in [1.54, 1.807) is 0 Å². The first kappa shape index (κ1) is 7.93. The van der Waals surface area contributed by atoms with Gasteiger partial charge >= 0.3 is 10.4 Å². The van der Waals surface area contributed by atoms with E-state index in [4.69, 9.17) is 0 Å². The summed E-state index contributed by atoms with van der Waals surface area (Å²) in [7, 11) is -2.23. The van der Waals surface area contributed by atoms with Gasteiger partial charge < -0.3 is 4.74 Å². The molecule has 0 bridgehead atoms. The molecular weight excluding hydrogens is 160 g/mol. The van der Waals surface area contributed by atoms with Crippen LogP contribution >= 0.6 is 0 Å². The minimum atomic E-state index is -3.70. The van der Waals surface area contributed by atoms with Crippen LogP contribution in [0.1, 0.15) is 0 Å². The second-order valence-corrected chi connectivity index (χ2v) is 3.11. The molecule has 1 atom stereocenters. The third-order valence-corrected chi connectivity index (χ3v) is 1.94. The largest absolute Gasteiger partial charge is 0.400 e. The smallest absolute Gasteiger partial charge is 0.382 e. The first-order chi connectivity index (χ1) is 4.64. The van der Waals surface area contributed by atoms with Crippen LogP contribution in [0.4, 0.5) is 0 Å². The van der Waals surface area contributed by atoms with Crippen molar-refractivity contribution in [3.63, 3.8) is 0 Å². The van der Waals surface area contributed by atoms with Crippen LogP contribution in [0.5, 0.6) is 0 Å². The second kappa shape index (κ2) is 2.83. The SMILES string of the molecule is COCC1COS(=O)(=O)O1. The predicted molar refractivity (Wildman–Crippen MR) is 31.6 cm³/mol. The fraction of sp³-hybridized carbons (Fsp3) is 1.00. The summed E-state index contributed by atoms with van der Waals surface area (Å²) in [4.78, 5) is 0. The Balaban J connectivity index is 2.44. The minimum absolute atomic E-state index is 0.0518. The van der Waals surface area contributed by atoms with E-state index >= 15 is 0 Å². The van der Waals surface area contributed by atoms with Gasteiger partial charge in [0.15, 0.2) is 0 Å². The summed E-state index contributed by atoms with van der Waals surface area (Å²) in [5.41, 5.74) is 0. The molecule has 1 unspecified atom stereocenters. The average molecular weight is 168 g/mol. The van der Waals surface area contributed by atoms with Crippen molar-refractivity contribution >= 4 is 10.4 Å². The molecule has 1 rings (SSSR count). The van der Waals surface area contributed by atoms with Gasteiger partial charge in [-0.2, -0.15) is 8.42 Å². The van der Waals surface area contributed by atoms with Gasteiger partial charge in [0.2, 0.25) is 0 Å². The molecule has 1 aliphatic rings. The van der Waals surface area contributed by atoms with Crippen molar-refractivity contribution in [1.29, 1.82) is 0 Å². The van der Waals surface area contributed by atoms with Crippen molar-refractivity contribution in [2.75, 3.05) is 20.3 Å². The number of hydrogen-bond acceptors (Lipinski definition) is 5. The normalized spacial score (nSPS) is 30.7. The maximum atomic E-state index is 10.4. The third kappa shape index (κ3) is 1.91. The summed E-state index contributed by atoms with van der Waals surface area (Å²) in [5.74, 6) is 0. The quantitative estimate of drug-likeness (QED) is 0.545. The molecule has 6 heteroatoms. The summed E-state index contributed by atoms with van der Waals surface area (Å²) >= 11 is 0. The van der Waals surface area contributed by atoms with Crippen molar-refractivity contribution in [3.05, 3.63) is 0 Å². The maximum Gasteiger partial charge on any atom is 0.400 e. The molecule has 0 aromatic carbocycles. The number of ether oxygens (including phenoxy) is 1. The highest BCUT2D eigenvalue weighted by Gasteiger charge is 2.29. The van der Waals surface area contributed by atoms with Crippen LogP contribution in [0, 0.1) is 0 Å². The molecule has 0 aromatic heterocycles. The first-order valence-electron chi connectivity index (χ1n) is 2.70. The summed E-state index contributed by atoms with van der Waals surface area (Å²) < 4.78 is 34.2. The molecule has 0 N–H and O–H groups in total. The lowest BCUT2D eigenvalue weighted by Crippen LogP contribution is -2.16. The second-order valence-electron chi connectivity index (χ2n) is 1.87. The van der Waals surface area contributed by atoms with Gasteiger partial charge in [0.25, 0.3) is 0 Å². The van der Waals surface area contributed by atoms with Gasteiger partial charge in [0.05, 0.1) is 13.2 Å². The zero-order valence-corrected chi connectivity index (χ0v) is 6.26. The first-order valence-corrected chi connectivity index (χ1v) is 4.04. The Morgan fingerprint density at radius 2 is 2.40 bits per heavy atom. The van der Waals surface area contributed by atoms with Crippen LogP contribution in [0.3, 0.4) is 0 Å². The molecule has 0 aromatic rings. The van der Waals surface area contributed by atoms with Crippen LogP contribution < -0.4 is 0 Å². The van der Waals surface area contributed by atoms with Crippen LogP contribution in [0.2, 0.25) is 0 Å². The highest BCUT2D eigenvalue weighted by atomic mass is 32.3. The maximum absolute atomic E-state index is 10.4. The average Bonchev–Trinajstić information content (AvgIpc) is 2.12. The molecule has 1 saturated heterocycles. The van der Waals surface area contributed by atoms with Crippen LogP contribution in [-0.2, 0) is 23.5 Å². The Kier molecular flexibility index (Phi) is 2.24. The Bertz CT molecular complexity index is 196. The molecule has 0 saturated carbocycles. The molecule has 0 amide bonds. The molecule has 10 heavy (non-hydrogen) atoms. The van der Waals surface area contributed by atoms with Gasteiger partial charge in [-0.25, -0.2) is 8.37 Å². The van der Waals surface area contributed by atoms with Gasteiger partial charge in [-0.1, -0.05) is 0 Å². The highest BCUT2D eigenvalue weighted by molar-refractivity contribution is 7.82. The van der Waals surface area contributed by atoms with E-state index in [-0.39, 0.29) is 13.2 Å². The summed E-state index contributed by atoms with van der Waals surface area (Å²) in [6.07, 6.45) is -0.477. The van der Waals surface area contributed by atoms with Crippen molar-refractivity contribution in [1.82, 2.24) is 0 Å². The molecule has 5 nitrogen and oxygen atoms in total. The highest BCUT2D eigenvalue weighted by Crippen LogP contribution is 2.11. The van der Waals surface area contributed by atoms with Crippen molar-refractivity contribution in [2.45, 2.75) is 6.10 Å². The molecule has 1 fully saturated rings. The van der Waals surface area contributed by atoms with Crippen molar-refractivity contribution in [2.24, 2.45) is 0 Å². The lowest BCUT2D eigenvalue weighted by molar-refractivity contribution is 0.0952. The van der Waals surface area contributed by atoms with E-state index in [0.717, 1.165) is 0 Å². The lowest BCUT2D eigenvalue weighted by Gasteiger charge is -2.00. The standard InChI is InChI=1S/C4H8O5S/c1-7-2-4-3-8-10(5,6)9-4/h4H,2-3H2,1H3. The molecule has 0 aliphatic carbocycles. The predicted octanol–water partition coefficient (Wildman–Crippen LogP) is -0.707. The Labute approximate surface area is 59.2 Å².